The first kappa shape index (κ1) is 7.43. The van der Waals surface area contributed by atoms with Crippen LogP contribution >= 0.6 is 0 Å². The molecule has 1 heteroatoms. The Bertz CT molecular complexity index is 356. The van der Waals surface area contributed by atoms with Crippen LogP contribution in [0.1, 0.15) is 42.7 Å². The number of fused-ring (bicyclic) bond motifs is 5. The van der Waals surface area contributed by atoms with Gasteiger partial charge in [0, 0.05) is 5.56 Å². The Kier molecular flexibility index (Phi) is 1.30. The molecule has 0 spiro atoms. The Labute approximate surface area is 78.4 Å². The molecule has 0 amide bonds. The van der Waals surface area contributed by atoms with E-state index >= 15 is 0 Å². The molecule has 68 valence electrons. The summed E-state index contributed by atoms with van der Waals surface area (Å²) >= 11 is 0. The van der Waals surface area contributed by atoms with Gasteiger partial charge in [-0.3, -0.25) is 0 Å². The minimum absolute atomic E-state index is 0.525. The predicted molar refractivity (Wildman–Crippen MR) is 52.0 cm³/mol. The van der Waals surface area contributed by atoms with E-state index in [2.05, 4.69) is 13.0 Å². The van der Waals surface area contributed by atoms with E-state index in [1.807, 2.05) is 12.1 Å². The Balaban J connectivity index is 2.24. The summed E-state index contributed by atoms with van der Waals surface area (Å²) in [6, 6.07) is 5.99. The molecule has 3 rings (SSSR count). The van der Waals surface area contributed by atoms with Gasteiger partial charge in [-0.25, -0.2) is 0 Å². The molecule has 13 heavy (non-hydrogen) atoms. The fourth-order valence-corrected chi connectivity index (χ4v) is 3.31. The maximum atomic E-state index is 9.77. The van der Waals surface area contributed by atoms with Gasteiger partial charge in [-0.1, -0.05) is 19.1 Å². The molecule has 2 aliphatic carbocycles. The molecule has 1 nitrogen and oxygen atoms in total. The first-order valence-corrected chi connectivity index (χ1v) is 5.11. The normalized spacial score (nSPS) is 35.0. The van der Waals surface area contributed by atoms with Crippen molar-refractivity contribution in [2.45, 2.75) is 31.6 Å². The fourth-order valence-electron chi connectivity index (χ4n) is 3.31. The highest BCUT2D eigenvalue weighted by atomic mass is 16.3. The summed E-state index contributed by atoms with van der Waals surface area (Å²) in [5.41, 5.74) is 2.68. The molecule has 0 saturated heterocycles. The van der Waals surface area contributed by atoms with Gasteiger partial charge in [-0.15, -0.1) is 0 Å². The lowest BCUT2D eigenvalue weighted by Gasteiger charge is -2.15. The van der Waals surface area contributed by atoms with E-state index in [0.29, 0.717) is 11.7 Å². The van der Waals surface area contributed by atoms with Crippen molar-refractivity contribution in [1.29, 1.82) is 0 Å². The van der Waals surface area contributed by atoms with E-state index in [1.54, 1.807) is 0 Å². The van der Waals surface area contributed by atoms with Gasteiger partial charge in [0.15, 0.2) is 0 Å². The highest BCUT2D eigenvalue weighted by molar-refractivity contribution is 5.50. The third-order valence-electron chi connectivity index (χ3n) is 3.95. The lowest BCUT2D eigenvalue weighted by atomic mass is 9.91. The quantitative estimate of drug-likeness (QED) is 0.641. The molecule has 1 saturated carbocycles. The summed E-state index contributed by atoms with van der Waals surface area (Å²) < 4.78 is 0. The van der Waals surface area contributed by atoms with E-state index < -0.39 is 0 Å². The average molecular weight is 174 g/mol. The molecule has 1 aromatic rings. The summed E-state index contributed by atoms with van der Waals surface area (Å²) in [6.45, 7) is 2.32. The van der Waals surface area contributed by atoms with Gasteiger partial charge in [0.05, 0.1) is 0 Å². The van der Waals surface area contributed by atoms with Crippen LogP contribution in [0.25, 0.3) is 0 Å². The summed E-state index contributed by atoms with van der Waals surface area (Å²) in [4.78, 5) is 0. The molecule has 0 aliphatic heterocycles. The van der Waals surface area contributed by atoms with Crippen LogP contribution < -0.4 is 0 Å². The Hall–Kier alpha value is -0.980. The van der Waals surface area contributed by atoms with Crippen LogP contribution in [0.5, 0.6) is 5.75 Å². The Morgan fingerprint density at radius 2 is 2.00 bits per heavy atom. The number of benzene rings is 1. The molecule has 1 aromatic carbocycles. The highest BCUT2D eigenvalue weighted by Crippen LogP contribution is 2.58. The highest BCUT2D eigenvalue weighted by Gasteiger charge is 2.44. The minimum atomic E-state index is 0.525. The maximum absolute atomic E-state index is 9.77. The van der Waals surface area contributed by atoms with Gasteiger partial charge >= 0.3 is 0 Å². The van der Waals surface area contributed by atoms with Gasteiger partial charge < -0.3 is 5.11 Å². The molecule has 0 radical (unpaired) electrons. The second-order valence-electron chi connectivity index (χ2n) is 4.43. The molecular formula is C12H14O. The molecule has 2 unspecified atom stereocenters. The van der Waals surface area contributed by atoms with Crippen LogP contribution in [0.15, 0.2) is 18.2 Å². The average Bonchev–Trinajstić information content (AvgIpc) is 2.61. The van der Waals surface area contributed by atoms with Crippen molar-refractivity contribution in [3.63, 3.8) is 0 Å². The third-order valence-corrected chi connectivity index (χ3v) is 3.95. The Morgan fingerprint density at radius 3 is 2.77 bits per heavy atom. The monoisotopic (exact) mass is 174 g/mol. The molecule has 1 N–H and O–H groups in total. The van der Waals surface area contributed by atoms with Crippen molar-refractivity contribution in [2.75, 3.05) is 0 Å². The van der Waals surface area contributed by atoms with Crippen LogP contribution in [0.3, 0.4) is 0 Å². The third kappa shape index (κ3) is 0.775. The summed E-state index contributed by atoms with van der Waals surface area (Å²) in [5, 5.41) is 9.77. The molecule has 3 atom stereocenters. The predicted octanol–water partition coefficient (Wildman–Crippen LogP) is 3.00. The standard InChI is InChI=1S/C12H14O/c1-7-8-5-6-9(7)12-10(8)3-2-4-11(12)13/h2-4,7-9,13H,5-6H2,1H3/t7?,8?,9-/m0/s1. The second-order valence-corrected chi connectivity index (χ2v) is 4.43. The van der Waals surface area contributed by atoms with Crippen molar-refractivity contribution in [1.82, 2.24) is 0 Å². The van der Waals surface area contributed by atoms with Gasteiger partial charge in [-0.2, -0.15) is 0 Å². The van der Waals surface area contributed by atoms with Crippen LogP contribution in [-0.4, -0.2) is 5.11 Å². The number of rotatable bonds is 0. The van der Waals surface area contributed by atoms with Gasteiger partial charge in [0.1, 0.15) is 5.75 Å². The largest absolute Gasteiger partial charge is 0.508 e. The van der Waals surface area contributed by atoms with Crippen LogP contribution in [0.4, 0.5) is 0 Å². The topological polar surface area (TPSA) is 20.2 Å². The van der Waals surface area contributed by atoms with E-state index in [0.717, 1.165) is 11.8 Å². The van der Waals surface area contributed by atoms with Crippen LogP contribution in [0.2, 0.25) is 0 Å². The summed E-state index contributed by atoms with van der Waals surface area (Å²) in [7, 11) is 0. The summed E-state index contributed by atoms with van der Waals surface area (Å²) in [6.07, 6.45) is 2.60. The fraction of sp³-hybridized carbons (Fsp3) is 0.500. The molecular weight excluding hydrogens is 160 g/mol. The molecule has 2 bridgehead atoms. The van der Waals surface area contributed by atoms with E-state index in [4.69, 9.17) is 0 Å². The number of hydrogen-bond acceptors (Lipinski definition) is 1. The van der Waals surface area contributed by atoms with Gasteiger partial charge in [0.25, 0.3) is 0 Å². The van der Waals surface area contributed by atoms with Crippen LogP contribution in [0, 0.1) is 5.92 Å². The van der Waals surface area contributed by atoms with Gasteiger partial charge in [0.2, 0.25) is 0 Å². The maximum Gasteiger partial charge on any atom is 0.119 e. The van der Waals surface area contributed by atoms with Crippen molar-refractivity contribution in [3.05, 3.63) is 29.3 Å². The van der Waals surface area contributed by atoms with Crippen molar-refractivity contribution >= 4 is 0 Å². The van der Waals surface area contributed by atoms with Crippen molar-refractivity contribution < 1.29 is 5.11 Å². The van der Waals surface area contributed by atoms with E-state index in [9.17, 15) is 5.11 Å². The molecule has 0 heterocycles. The zero-order valence-corrected chi connectivity index (χ0v) is 7.83. The lowest BCUT2D eigenvalue weighted by Crippen LogP contribution is -1.97. The zero-order valence-electron chi connectivity index (χ0n) is 7.83. The number of phenolic OH excluding ortho intramolecular Hbond substituents is 1. The van der Waals surface area contributed by atoms with Crippen molar-refractivity contribution in [2.24, 2.45) is 5.92 Å². The lowest BCUT2D eigenvalue weighted by molar-refractivity contribution is 0.455. The van der Waals surface area contributed by atoms with Gasteiger partial charge in [-0.05, 0) is 42.2 Å². The van der Waals surface area contributed by atoms with Crippen molar-refractivity contribution in [3.8, 4) is 5.75 Å². The second kappa shape index (κ2) is 2.28. The first-order valence-electron chi connectivity index (χ1n) is 5.11. The summed E-state index contributed by atoms with van der Waals surface area (Å²) in [5.74, 6) is 2.65. The SMILES string of the molecule is CC1C2CC[C@@H]1c1c(O)cccc12. The minimum Gasteiger partial charge on any atom is -0.508 e. The zero-order chi connectivity index (χ0) is 9.00. The number of aromatic hydroxyl groups is 1. The number of phenols is 1. The van der Waals surface area contributed by atoms with E-state index in [-0.39, 0.29) is 0 Å². The number of hydrogen-bond donors (Lipinski definition) is 1. The van der Waals surface area contributed by atoms with Crippen LogP contribution in [-0.2, 0) is 0 Å². The smallest absolute Gasteiger partial charge is 0.119 e. The first-order chi connectivity index (χ1) is 6.29. The molecule has 0 aromatic heterocycles. The Morgan fingerprint density at radius 1 is 1.23 bits per heavy atom. The van der Waals surface area contributed by atoms with E-state index in [1.165, 1.54) is 24.0 Å². The molecule has 1 fully saturated rings. The molecule has 2 aliphatic rings.